The van der Waals surface area contributed by atoms with E-state index in [0.717, 1.165) is 17.6 Å². The van der Waals surface area contributed by atoms with E-state index in [0.29, 0.717) is 24.0 Å². The Morgan fingerprint density at radius 2 is 2.00 bits per heavy atom. The van der Waals surface area contributed by atoms with Crippen LogP contribution in [0.25, 0.3) is 0 Å². The van der Waals surface area contributed by atoms with E-state index in [-0.39, 0.29) is 5.41 Å². The molecule has 0 amide bonds. The van der Waals surface area contributed by atoms with Gasteiger partial charge in [-0.25, -0.2) is 8.42 Å². The standard InChI is InChI=1S/C19H24O3S/c1-5-11-22-14-17-13-16(19(17,3)4)10-12-23(20,21)18-8-6-15(2)7-9-18/h5-9,12,17H,1,11,13-14H2,2-4H3. The van der Waals surface area contributed by atoms with Gasteiger partial charge in [0.2, 0.25) is 9.84 Å². The Morgan fingerprint density at radius 1 is 1.35 bits per heavy atom. The molecule has 0 bridgehead atoms. The van der Waals surface area contributed by atoms with Crippen molar-refractivity contribution in [3.05, 3.63) is 59.2 Å². The second kappa shape index (κ2) is 6.88. The molecule has 1 aliphatic carbocycles. The van der Waals surface area contributed by atoms with E-state index in [2.05, 4.69) is 26.2 Å². The minimum Gasteiger partial charge on any atom is -0.377 e. The number of hydrogen-bond acceptors (Lipinski definition) is 3. The molecule has 0 aliphatic heterocycles. The highest BCUT2D eigenvalue weighted by atomic mass is 32.2. The van der Waals surface area contributed by atoms with Gasteiger partial charge < -0.3 is 4.74 Å². The Balaban J connectivity index is 2.14. The van der Waals surface area contributed by atoms with Crippen molar-refractivity contribution in [2.45, 2.75) is 32.1 Å². The summed E-state index contributed by atoms with van der Waals surface area (Å²) in [6.07, 6.45) is 2.56. The number of ether oxygens (including phenoxy) is 1. The fourth-order valence-corrected chi connectivity index (χ4v) is 3.58. The minimum atomic E-state index is -3.44. The first kappa shape index (κ1) is 17.7. The number of hydrogen-bond donors (Lipinski definition) is 0. The second-order valence-corrected chi connectivity index (χ2v) is 8.34. The highest BCUT2D eigenvalue weighted by Gasteiger charge is 2.43. The first-order chi connectivity index (χ1) is 10.8. The molecule has 0 spiro atoms. The van der Waals surface area contributed by atoms with Crippen molar-refractivity contribution in [2.75, 3.05) is 13.2 Å². The zero-order valence-electron chi connectivity index (χ0n) is 14.0. The van der Waals surface area contributed by atoms with Crippen LogP contribution in [0.1, 0.15) is 25.8 Å². The third-order valence-corrected chi connectivity index (χ3v) is 5.90. The first-order valence-corrected chi connectivity index (χ1v) is 9.28. The molecule has 23 heavy (non-hydrogen) atoms. The van der Waals surface area contributed by atoms with Gasteiger partial charge in [-0.15, -0.1) is 12.3 Å². The molecule has 2 rings (SSSR count). The molecule has 0 radical (unpaired) electrons. The number of sulfone groups is 1. The number of allylic oxidation sites excluding steroid dienone is 1. The Hall–Kier alpha value is -1.61. The molecule has 3 nitrogen and oxygen atoms in total. The number of aryl methyl sites for hydroxylation is 1. The number of benzene rings is 1. The monoisotopic (exact) mass is 332 g/mol. The summed E-state index contributed by atoms with van der Waals surface area (Å²) in [5.74, 6) is 0.389. The van der Waals surface area contributed by atoms with Crippen LogP contribution in [-0.2, 0) is 14.6 Å². The normalized spacial score (nSPS) is 19.6. The predicted octanol–water partition coefficient (Wildman–Crippen LogP) is 4.06. The van der Waals surface area contributed by atoms with E-state index in [1.54, 1.807) is 30.3 Å². The highest BCUT2D eigenvalue weighted by molar-refractivity contribution is 7.94. The summed E-state index contributed by atoms with van der Waals surface area (Å²) in [5.41, 5.74) is 4.99. The Bertz CT molecular complexity index is 733. The maximum atomic E-state index is 12.3. The SMILES string of the molecule is C=CCOCC1CC(=C=CS(=O)(=O)c2ccc(C)cc2)C1(C)C. The Kier molecular flexibility index (Phi) is 5.30. The van der Waals surface area contributed by atoms with Crippen LogP contribution in [0.3, 0.4) is 0 Å². The van der Waals surface area contributed by atoms with Gasteiger partial charge in [0.1, 0.15) is 0 Å². The predicted molar refractivity (Wildman–Crippen MR) is 92.9 cm³/mol. The lowest BCUT2D eigenvalue weighted by molar-refractivity contribution is 0.0403. The molecule has 0 saturated heterocycles. The molecule has 1 atom stereocenters. The highest BCUT2D eigenvalue weighted by Crippen LogP contribution is 2.50. The van der Waals surface area contributed by atoms with Gasteiger partial charge in [-0.1, -0.05) is 37.6 Å². The van der Waals surface area contributed by atoms with Crippen LogP contribution in [0.15, 0.2) is 58.5 Å². The largest absolute Gasteiger partial charge is 0.377 e. The van der Waals surface area contributed by atoms with Crippen LogP contribution in [0.2, 0.25) is 0 Å². The average Bonchev–Trinajstić information content (AvgIpc) is 2.49. The van der Waals surface area contributed by atoms with Crippen LogP contribution in [0.5, 0.6) is 0 Å². The fourth-order valence-electron chi connectivity index (χ4n) is 2.63. The van der Waals surface area contributed by atoms with Crippen LogP contribution in [0, 0.1) is 18.3 Å². The Labute approximate surface area is 139 Å². The van der Waals surface area contributed by atoms with Crippen molar-refractivity contribution in [3.8, 4) is 0 Å². The first-order valence-electron chi connectivity index (χ1n) is 7.74. The van der Waals surface area contributed by atoms with Crippen molar-refractivity contribution >= 4 is 9.84 Å². The summed E-state index contributed by atoms with van der Waals surface area (Å²) in [6.45, 7) is 11.0. The van der Waals surface area contributed by atoms with Gasteiger partial charge in [0.25, 0.3) is 0 Å². The Morgan fingerprint density at radius 3 is 2.57 bits per heavy atom. The third kappa shape index (κ3) is 4.03. The van der Waals surface area contributed by atoms with Crippen LogP contribution >= 0.6 is 0 Å². The van der Waals surface area contributed by atoms with Gasteiger partial charge in [-0.05, 0) is 42.4 Å². The number of rotatable bonds is 6. The van der Waals surface area contributed by atoms with Gasteiger partial charge in [-0.2, -0.15) is 0 Å². The van der Waals surface area contributed by atoms with Crippen molar-refractivity contribution < 1.29 is 13.2 Å². The zero-order valence-corrected chi connectivity index (χ0v) is 14.8. The molecule has 1 aromatic carbocycles. The molecule has 1 saturated carbocycles. The molecule has 4 heteroatoms. The molecular formula is C19H24O3S. The molecule has 124 valence electrons. The van der Waals surface area contributed by atoms with E-state index in [4.69, 9.17) is 4.74 Å². The van der Waals surface area contributed by atoms with E-state index < -0.39 is 9.84 Å². The van der Waals surface area contributed by atoms with Crippen LogP contribution < -0.4 is 0 Å². The van der Waals surface area contributed by atoms with Crippen molar-refractivity contribution in [1.82, 2.24) is 0 Å². The lowest BCUT2D eigenvalue weighted by Crippen LogP contribution is -2.40. The lowest BCUT2D eigenvalue weighted by Gasteiger charge is -2.46. The maximum Gasteiger partial charge on any atom is 0.207 e. The second-order valence-electron chi connectivity index (χ2n) is 6.55. The van der Waals surface area contributed by atoms with E-state index >= 15 is 0 Å². The maximum absolute atomic E-state index is 12.3. The van der Waals surface area contributed by atoms with Gasteiger partial charge in [-0.3, -0.25) is 0 Å². The molecule has 1 unspecified atom stereocenters. The lowest BCUT2D eigenvalue weighted by atomic mass is 9.59. The van der Waals surface area contributed by atoms with Crippen molar-refractivity contribution in [2.24, 2.45) is 11.3 Å². The summed E-state index contributed by atoms with van der Waals surface area (Å²) >= 11 is 0. The third-order valence-electron chi connectivity index (χ3n) is 4.54. The van der Waals surface area contributed by atoms with Gasteiger partial charge in [0.15, 0.2) is 0 Å². The summed E-state index contributed by atoms with van der Waals surface area (Å²) in [4.78, 5) is 0.305. The zero-order chi connectivity index (χ0) is 17.1. The summed E-state index contributed by atoms with van der Waals surface area (Å²) in [7, 11) is -3.44. The minimum absolute atomic E-state index is 0.0829. The fraction of sp³-hybridized carbons (Fsp3) is 0.421. The van der Waals surface area contributed by atoms with E-state index in [9.17, 15) is 8.42 Å². The summed E-state index contributed by atoms with van der Waals surface area (Å²) < 4.78 is 30.2. The van der Waals surface area contributed by atoms with Crippen molar-refractivity contribution in [3.63, 3.8) is 0 Å². The van der Waals surface area contributed by atoms with Crippen LogP contribution in [-0.4, -0.2) is 21.6 Å². The molecule has 1 aliphatic rings. The smallest absolute Gasteiger partial charge is 0.207 e. The molecular weight excluding hydrogens is 308 g/mol. The van der Waals surface area contributed by atoms with E-state index in [1.807, 2.05) is 6.92 Å². The van der Waals surface area contributed by atoms with Crippen LogP contribution in [0.4, 0.5) is 0 Å². The summed E-state index contributed by atoms with van der Waals surface area (Å²) in [6, 6.07) is 6.86. The average molecular weight is 332 g/mol. The van der Waals surface area contributed by atoms with E-state index in [1.165, 1.54) is 5.41 Å². The molecule has 0 heterocycles. The molecule has 1 aromatic rings. The molecule has 1 fully saturated rings. The molecule has 0 aromatic heterocycles. The molecule has 0 N–H and O–H groups in total. The van der Waals surface area contributed by atoms with Gasteiger partial charge in [0, 0.05) is 0 Å². The summed E-state index contributed by atoms with van der Waals surface area (Å²) in [5, 5.41) is 1.20. The quantitative estimate of drug-likeness (QED) is 0.448. The van der Waals surface area contributed by atoms with Gasteiger partial charge in [0.05, 0.1) is 23.5 Å². The van der Waals surface area contributed by atoms with Crippen molar-refractivity contribution in [1.29, 1.82) is 0 Å². The topological polar surface area (TPSA) is 43.4 Å². The van der Waals surface area contributed by atoms with Gasteiger partial charge >= 0.3 is 0 Å².